The van der Waals surface area contributed by atoms with Gasteiger partial charge in [0.1, 0.15) is 6.61 Å². The van der Waals surface area contributed by atoms with E-state index in [4.69, 9.17) is 4.74 Å². The molecule has 0 aromatic rings. The Balaban J connectivity index is 0. The van der Waals surface area contributed by atoms with Crippen LogP contribution >= 0.6 is 24.0 Å². The fraction of sp³-hybridized carbons (Fsp3) is 0.909. The van der Waals surface area contributed by atoms with E-state index in [1.54, 1.807) is 14.2 Å². The average Bonchev–Trinajstić information content (AvgIpc) is 2.34. The number of halogens is 4. The van der Waals surface area contributed by atoms with E-state index >= 15 is 0 Å². The van der Waals surface area contributed by atoms with Crippen LogP contribution in [0.1, 0.15) is 12.8 Å². The van der Waals surface area contributed by atoms with E-state index in [1.165, 1.54) is 0 Å². The molecule has 0 unspecified atom stereocenters. The molecule has 0 fully saturated rings. The van der Waals surface area contributed by atoms with E-state index in [0.717, 1.165) is 13.0 Å². The molecule has 0 bridgehead atoms. The van der Waals surface area contributed by atoms with Crippen molar-refractivity contribution in [2.45, 2.75) is 19.0 Å². The normalized spacial score (nSPS) is 11.9. The predicted molar refractivity (Wildman–Crippen MR) is 82.8 cm³/mol. The molecule has 0 rings (SSSR count). The summed E-state index contributed by atoms with van der Waals surface area (Å²) in [6, 6.07) is 0. The van der Waals surface area contributed by atoms with E-state index < -0.39 is 12.8 Å². The summed E-state index contributed by atoms with van der Waals surface area (Å²) in [4.78, 5) is 3.98. The van der Waals surface area contributed by atoms with Crippen molar-refractivity contribution < 1.29 is 22.6 Å². The molecule has 0 amide bonds. The van der Waals surface area contributed by atoms with Crippen LogP contribution in [0.15, 0.2) is 4.99 Å². The Morgan fingerprint density at radius 2 is 1.65 bits per heavy atom. The van der Waals surface area contributed by atoms with Gasteiger partial charge in [0.25, 0.3) is 0 Å². The van der Waals surface area contributed by atoms with Gasteiger partial charge in [0.05, 0.1) is 0 Å². The predicted octanol–water partition coefficient (Wildman–Crippen LogP) is 1.77. The van der Waals surface area contributed by atoms with Crippen molar-refractivity contribution in [3.63, 3.8) is 0 Å². The molecule has 0 aliphatic carbocycles. The Morgan fingerprint density at radius 3 is 2.10 bits per heavy atom. The number of alkyl halides is 3. The van der Waals surface area contributed by atoms with E-state index in [2.05, 4.69) is 20.4 Å². The monoisotopic (exact) mass is 413 g/mol. The first-order valence-corrected chi connectivity index (χ1v) is 6.07. The van der Waals surface area contributed by atoms with Crippen LogP contribution in [-0.4, -0.2) is 59.2 Å². The second-order valence-corrected chi connectivity index (χ2v) is 3.79. The van der Waals surface area contributed by atoms with Crippen LogP contribution in [0.25, 0.3) is 0 Å². The zero-order valence-electron chi connectivity index (χ0n) is 11.8. The topological polar surface area (TPSA) is 54.9 Å². The molecule has 0 atom stereocenters. The number of methoxy groups -OCH3 is 1. The van der Waals surface area contributed by atoms with Crippen molar-refractivity contribution in [2.75, 3.05) is 47.1 Å². The first-order chi connectivity index (χ1) is 8.99. The number of hydrogen-bond donors (Lipinski definition) is 2. The van der Waals surface area contributed by atoms with E-state index in [0.29, 0.717) is 25.5 Å². The molecule has 0 saturated heterocycles. The Labute approximate surface area is 134 Å². The molecule has 0 aliphatic rings. The number of nitrogens with one attached hydrogen (secondary N) is 2. The van der Waals surface area contributed by atoms with Crippen LogP contribution in [0.4, 0.5) is 13.2 Å². The van der Waals surface area contributed by atoms with E-state index in [-0.39, 0.29) is 30.6 Å². The minimum Gasteiger partial charge on any atom is -0.385 e. The molecule has 0 heterocycles. The number of aliphatic imine (C=N–C) groups is 1. The highest BCUT2D eigenvalue weighted by molar-refractivity contribution is 14.0. The SMILES string of the molecule is CN=C(NCCCOC)NCCCOCC(F)(F)F.I. The van der Waals surface area contributed by atoms with Crippen LogP contribution in [-0.2, 0) is 9.47 Å². The molecule has 0 spiro atoms. The third-order valence-electron chi connectivity index (χ3n) is 2.06. The van der Waals surface area contributed by atoms with Gasteiger partial charge in [-0.05, 0) is 12.8 Å². The van der Waals surface area contributed by atoms with Gasteiger partial charge in [-0.1, -0.05) is 0 Å². The van der Waals surface area contributed by atoms with Gasteiger partial charge in [0.2, 0.25) is 0 Å². The lowest BCUT2D eigenvalue weighted by Gasteiger charge is -2.12. The average molecular weight is 413 g/mol. The molecule has 2 N–H and O–H groups in total. The summed E-state index contributed by atoms with van der Waals surface area (Å²) in [5.41, 5.74) is 0. The summed E-state index contributed by atoms with van der Waals surface area (Å²) in [7, 11) is 3.26. The van der Waals surface area contributed by atoms with Crippen molar-refractivity contribution in [1.82, 2.24) is 10.6 Å². The fourth-order valence-corrected chi connectivity index (χ4v) is 1.21. The number of hydrogen-bond acceptors (Lipinski definition) is 3. The first kappa shape index (κ1) is 22.0. The third kappa shape index (κ3) is 15.8. The van der Waals surface area contributed by atoms with Crippen molar-refractivity contribution in [3.8, 4) is 0 Å². The van der Waals surface area contributed by atoms with Gasteiger partial charge in [0, 0.05) is 40.5 Å². The number of nitrogens with zero attached hydrogens (tertiary/aromatic N) is 1. The summed E-state index contributed by atoms with van der Waals surface area (Å²) in [5, 5.41) is 6.04. The molecule has 9 heteroatoms. The maximum absolute atomic E-state index is 11.8. The van der Waals surface area contributed by atoms with Gasteiger partial charge in [-0.15, -0.1) is 24.0 Å². The molecule has 0 saturated carbocycles. The summed E-state index contributed by atoms with van der Waals surface area (Å²) < 4.78 is 44.7. The maximum atomic E-state index is 11.8. The largest absolute Gasteiger partial charge is 0.411 e. The highest BCUT2D eigenvalue weighted by Crippen LogP contribution is 2.14. The Bertz CT molecular complexity index is 254. The quantitative estimate of drug-likeness (QED) is 0.262. The molecular formula is C11H23F3IN3O2. The van der Waals surface area contributed by atoms with Crippen LogP contribution in [0.2, 0.25) is 0 Å². The molecular weight excluding hydrogens is 390 g/mol. The van der Waals surface area contributed by atoms with Gasteiger partial charge < -0.3 is 20.1 Å². The standard InChI is InChI=1S/C11H22F3N3O2.HI/c1-15-10(16-5-3-7-18-2)17-6-4-8-19-9-11(12,13)14;/h3-9H2,1-2H3,(H2,15,16,17);1H. The lowest BCUT2D eigenvalue weighted by atomic mass is 10.4. The minimum atomic E-state index is -4.26. The number of ether oxygens (including phenoxy) is 2. The molecule has 20 heavy (non-hydrogen) atoms. The summed E-state index contributed by atoms with van der Waals surface area (Å²) >= 11 is 0. The zero-order valence-corrected chi connectivity index (χ0v) is 14.1. The lowest BCUT2D eigenvalue weighted by molar-refractivity contribution is -0.173. The Kier molecular flexibility index (Phi) is 15.0. The molecule has 0 aromatic heterocycles. The van der Waals surface area contributed by atoms with Crippen LogP contribution in [0.5, 0.6) is 0 Å². The molecule has 0 radical (unpaired) electrons. The highest BCUT2D eigenvalue weighted by Gasteiger charge is 2.27. The van der Waals surface area contributed by atoms with Crippen LogP contribution in [0.3, 0.4) is 0 Å². The van der Waals surface area contributed by atoms with Crippen molar-refractivity contribution in [2.24, 2.45) is 4.99 Å². The second-order valence-electron chi connectivity index (χ2n) is 3.79. The molecule has 0 aromatic carbocycles. The van der Waals surface area contributed by atoms with Gasteiger partial charge in [-0.2, -0.15) is 13.2 Å². The summed E-state index contributed by atoms with van der Waals surface area (Å²) in [5.74, 6) is 0.618. The van der Waals surface area contributed by atoms with Crippen LogP contribution in [0, 0.1) is 0 Å². The van der Waals surface area contributed by atoms with Crippen molar-refractivity contribution in [1.29, 1.82) is 0 Å². The number of guanidine groups is 1. The molecule has 5 nitrogen and oxygen atoms in total. The van der Waals surface area contributed by atoms with E-state index in [9.17, 15) is 13.2 Å². The summed E-state index contributed by atoms with van der Waals surface area (Å²) in [6.45, 7) is 0.749. The fourth-order valence-electron chi connectivity index (χ4n) is 1.21. The smallest absolute Gasteiger partial charge is 0.385 e. The van der Waals surface area contributed by atoms with E-state index in [1.807, 2.05) is 0 Å². The van der Waals surface area contributed by atoms with Gasteiger partial charge >= 0.3 is 6.18 Å². The molecule has 122 valence electrons. The summed E-state index contributed by atoms with van der Waals surface area (Å²) in [6.07, 6.45) is -2.92. The first-order valence-electron chi connectivity index (χ1n) is 6.07. The molecule has 0 aliphatic heterocycles. The van der Waals surface area contributed by atoms with Crippen LogP contribution < -0.4 is 10.6 Å². The Morgan fingerprint density at radius 1 is 1.10 bits per heavy atom. The van der Waals surface area contributed by atoms with Crippen molar-refractivity contribution in [3.05, 3.63) is 0 Å². The lowest BCUT2D eigenvalue weighted by Crippen LogP contribution is -2.38. The maximum Gasteiger partial charge on any atom is 0.411 e. The highest BCUT2D eigenvalue weighted by atomic mass is 127. The zero-order chi connectivity index (χ0) is 14.6. The third-order valence-corrected chi connectivity index (χ3v) is 2.06. The second kappa shape index (κ2) is 13.7. The minimum absolute atomic E-state index is 0. The number of rotatable bonds is 9. The Hall–Kier alpha value is -0.290. The van der Waals surface area contributed by atoms with Gasteiger partial charge in [-0.25, -0.2) is 0 Å². The van der Waals surface area contributed by atoms with Gasteiger partial charge in [0.15, 0.2) is 5.96 Å². The van der Waals surface area contributed by atoms with Crippen molar-refractivity contribution >= 4 is 29.9 Å². The van der Waals surface area contributed by atoms with Gasteiger partial charge in [-0.3, -0.25) is 4.99 Å².